The van der Waals surface area contributed by atoms with Crippen LogP contribution in [0.25, 0.3) is 0 Å². The van der Waals surface area contributed by atoms with E-state index in [1.165, 1.54) is 0 Å². The molecule has 0 aromatic heterocycles. The van der Waals surface area contributed by atoms with Gasteiger partial charge >= 0.3 is 0 Å². The summed E-state index contributed by atoms with van der Waals surface area (Å²) in [4.78, 5) is 27.2. The van der Waals surface area contributed by atoms with Crippen molar-refractivity contribution in [2.24, 2.45) is 5.92 Å². The van der Waals surface area contributed by atoms with Crippen LogP contribution in [0.15, 0.2) is 42.5 Å². The van der Waals surface area contributed by atoms with Crippen LogP contribution in [0.2, 0.25) is 5.02 Å². The molecule has 29 heavy (non-hydrogen) atoms. The third-order valence-corrected chi connectivity index (χ3v) is 5.39. The largest absolute Gasteiger partial charge is 0.378 e. The van der Waals surface area contributed by atoms with Crippen molar-refractivity contribution in [3.05, 3.63) is 58.6 Å². The van der Waals surface area contributed by atoms with Crippen LogP contribution in [0, 0.1) is 5.92 Å². The number of ether oxygens (including phenoxy) is 1. The maximum Gasteiger partial charge on any atom is 0.253 e. The van der Waals surface area contributed by atoms with Gasteiger partial charge in [0.15, 0.2) is 0 Å². The Morgan fingerprint density at radius 1 is 1.10 bits per heavy atom. The van der Waals surface area contributed by atoms with Crippen molar-refractivity contribution in [1.82, 2.24) is 5.32 Å². The van der Waals surface area contributed by atoms with Gasteiger partial charge in [0.2, 0.25) is 5.91 Å². The van der Waals surface area contributed by atoms with Crippen LogP contribution >= 0.6 is 11.6 Å². The Morgan fingerprint density at radius 2 is 1.90 bits per heavy atom. The highest BCUT2D eigenvalue weighted by Crippen LogP contribution is 2.31. The van der Waals surface area contributed by atoms with E-state index in [1.54, 1.807) is 18.2 Å². The first kappa shape index (κ1) is 19.7. The number of nitrogens with zero attached hydrogens (tertiary/aromatic N) is 1. The van der Waals surface area contributed by atoms with E-state index in [9.17, 15) is 9.59 Å². The van der Waals surface area contributed by atoms with Crippen LogP contribution in [-0.2, 0) is 16.1 Å². The summed E-state index contributed by atoms with van der Waals surface area (Å²) in [5.74, 6) is 0.0186. The second kappa shape index (κ2) is 8.84. The molecule has 7 heteroatoms. The Kier molecular flexibility index (Phi) is 6.02. The van der Waals surface area contributed by atoms with E-state index < -0.39 is 0 Å². The highest BCUT2D eigenvalue weighted by molar-refractivity contribution is 6.30. The predicted octanol–water partition coefficient (Wildman–Crippen LogP) is 3.46. The summed E-state index contributed by atoms with van der Waals surface area (Å²) < 4.78 is 5.45. The summed E-state index contributed by atoms with van der Waals surface area (Å²) >= 11 is 6.02. The van der Waals surface area contributed by atoms with Gasteiger partial charge in [-0.2, -0.15) is 0 Å². The van der Waals surface area contributed by atoms with Gasteiger partial charge in [-0.3, -0.25) is 9.59 Å². The van der Waals surface area contributed by atoms with E-state index in [4.69, 9.17) is 16.3 Å². The maximum atomic E-state index is 12.9. The Balaban J connectivity index is 1.53. The lowest BCUT2D eigenvalue weighted by atomic mass is 10.1. The van der Waals surface area contributed by atoms with Crippen LogP contribution in [0.5, 0.6) is 0 Å². The second-order valence-corrected chi connectivity index (χ2v) is 7.84. The molecule has 1 aliphatic heterocycles. The topological polar surface area (TPSA) is 70.7 Å². The molecule has 4 rings (SSSR count). The average molecular weight is 414 g/mol. The average Bonchev–Trinajstić information content (AvgIpc) is 3.58. The molecule has 0 unspecified atom stereocenters. The lowest BCUT2D eigenvalue weighted by Crippen LogP contribution is -2.38. The molecule has 2 aromatic carbocycles. The number of amides is 2. The quantitative estimate of drug-likeness (QED) is 0.760. The monoisotopic (exact) mass is 413 g/mol. The Labute approximate surface area is 175 Å². The van der Waals surface area contributed by atoms with E-state index in [0.29, 0.717) is 43.4 Å². The van der Waals surface area contributed by atoms with Crippen molar-refractivity contribution in [1.29, 1.82) is 0 Å². The Hall–Kier alpha value is -2.57. The van der Waals surface area contributed by atoms with Crippen molar-refractivity contribution in [3.8, 4) is 0 Å². The number of hydrogen-bond donors (Lipinski definition) is 2. The zero-order valence-corrected chi connectivity index (χ0v) is 16.9. The Morgan fingerprint density at radius 3 is 2.62 bits per heavy atom. The van der Waals surface area contributed by atoms with Gasteiger partial charge in [0.1, 0.15) is 0 Å². The molecule has 2 N–H and O–H groups in total. The Bertz CT molecular complexity index is 908. The summed E-state index contributed by atoms with van der Waals surface area (Å²) in [6, 6.07) is 12.9. The molecule has 2 aromatic rings. The molecular formula is C22H24ClN3O3. The lowest BCUT2D eigenvalue weighted by Gasteiger charge is -2.30. The summed E-state index contributed by atoms with van der Waals surface area (Å²) in [7, 11) is 0. The number of halogens is 1. The minimum absolute atomic E-state index is 0.0519. The van der Waals surface area contributed by atoms with E-state index in [-0.39, 0.29) is 17.7 Å². The highest BCUT2D eigenvalue weighted by Gasteiger charge is 2.30. The van der Waals surface area contributed by atoms with E-state index in [0.717, 1.165) is 29.8 Å². The van der Waals surface area contributed by atoms with Crippen molar-refractivity contribution >= 4 is 34.8 Å². The van der Waals surface area contributed by atoms with Gasteiger partial charge in [0.05, 0.1) is 24.5 Å². The van der Waals surface area contributed by atoms with Crippen LogP contribution in [0.3, 0.4) is 0 Å². The van der Waals surface area contributed by atoms with E-state index >= 15 is 0 Å². The normalized spacial score (nSPS) is 16.4. The smallest absolute Gasteiger partial charge is 0.253 e. The minimum atomic E-state index is -0.161. The van der Waals surface area contributed by atoms with Crippen LogP contribution in [-0.4, -0.2) is 38.1 Å². The minimum Gasteiger partial charge on any atom is -0.378 e. The van der Waals surface area contributed by atoms with Crippen LogP contribution < -0.4 is 15.5 Å². The molecule has 2 fully saturated rings. The molecule has 0 atom stereocenters. The van der Waals surface area contributed by atoms with Gasteiger partial charge in [-0.25, -0.2) is 0 Å². The number of carbonyl (C=O) groups excluding carboxylic acids is 2. The molecule has 152 valence electrons. The number of nitrogens with one attached hydrogen (secondary N) is 2. The second-order valence-electron chi connectivity index (χ2n) is 7.41. The first-order chi connectivity index (χ1) is 14.1. The molecular weight excluding hydrogens is 390 g/mol. The van der Waals surface area contributed by atoms with Gasteiger partial charge in [-0.1, -0.05) is 23.7 Å². The van der Waals surface area contributed by atoms with Crippen molar-refractivity contribution < 1.29 is 14.3 Å². The first-order valence-electron chi connectivity index (χ1n) is 9.90. The van der Waals surface area contributed by atoms with Gasteiger partial charge in [-0.15, -0.1) is 0 Å². The van der Waals surface area contributed by atoms with Crippen molar-refractivity contribution in [2.45, 2.75) is 19.4 Å². The third kappa shape index (κ3) is 5.08. The number of morpholine rings is 1. The van der Waals surface area contributed by atoms with Crippen LogP contribution in [0.1, 0.15) is 28.8 Å². The molecule has 1 aliphatic carbocycles. The number of rotatable bonds is 6. The molecule has 0 spiro atoms. The highest BCUT2D eigenvalue weighted by atomic mass is 35.5. The fraction of sp³-hybridized carbons (Fsp3) is 0.364. The SMILES string of the molecule is O=C(NCc1cccc(Cl)c1)c1ccc(NC(=O)C2CC2)cc1N1CCOCC1. The zero-order valence-electron chi connectivity index (χ0n) is 16.1. The van der Waals surface area contributed by atoms with Crippen LogP contribution in [0.4, 0.5) is 11.4 Å². The molecule has 1 saturated heterocycles. The van der Waals surface area contributed by atoms with Gasteiger partial charge in [-0.05, 0) is 48.7 Å². The molecule has 0 bridgehead atoms. The van der Waals surface area contributed by atoms with Gasteiger partial charge in [0.25, 0.3) is 5.91 Å². The van der Waals surface area contributed by atoms with Gasteiger partial charge < -0.3 is 20.3 Å². The van der Waals surface area contributed by atoms with Crippen molar-refractivity contribution in [3.63, 3.8) is 0 Å². The molecule has 2 amide bonds. The van der Waals surface area contributed by atoms with E-state index in [2.05, 4.69) is 15.5 Å². The summed E-state index contributed by atoms with van der Waals surface area (Å²) in [5.41, 5.74) is 3.05. The molecule has 1 heterocycles. The fourth-order valence-electron chi connectivity index (χ4n) is 3.38. The predicted molar refractivity (Wildman–Crippen MR) is 113 cm³/mol. The molecule has 0 radical (unpaired) electrons. The molecule has 1 saturated carbocycles. The molecule has 2 aliphatic rings. The van der Waals surface area contributed by atoms with E-state index in [1.807, 2.05) is 24.3 Å². The number of carbonyl (C=O) groups is 2. The van der Waals surface area contributed by atoms with Gasteiger partial charge in [0, 0.05) is 36.3 Å². The van der Waals surface area contributed by atoms with Crippen molar-refractivity contribution in [2.75, 3.05) is 36.5 Å². The number of anilines is 2. The summed E-state index contributed by atoms with van der Waals surface area (Å²) in [5, 5.41) is 6.58. The third-order valence-electron chi connectivity index (χ3n) is 5.15. The zero-order chi connectivity index (χ0) is 20.2. The number of benzene rings is 2. The lowest BCUT2D eigenvalue weighted by molar-refractivity contribution is -0.117. The first-order valence-corrected chi connectivity index (χ1v) is 10.3. The molecule has 6 nitrogen and oxygen atoms in total. The maximum absolute atomic E-state index is 12.9. The number of hydrogen-bond acceptors (Lipinski definition) is 4. The fourth-order valence-corrected chi connectivity index (χ4v) is 3.59. The summed E-state index contributed by atoms with van der Waals surface area (Å²) in [6.07, 6.45) is 1.90. The standard InChI is InChI=1S/C22H24ClN3O3/c23-17-3-1-2-15(12-17)14-24-22(28)19-7-6-18(25-21(27)16-4-5-16)13-20(19)26-8-10-29-11-9-26/h1-3,6-7,12-13,16H,4-5,8-11,14H2,(H,24,28)(H,25,27). The summed E-state index contributed by atoms with van der Waals surface area (Å²) in [6.45, 7) is 3.02.